The highest BCUT2D eigenvalue weighted by molar-refractivity contribution is 7.13. The minimum absolute atomic E-state index is 0.173. The molecule has 1 aromatic carbocycles. The monoisotopic (exact) mass is 293 g/mol. The number of rotatable bonds is 2. The van der Waals surface area contributed by atoms with Gasteiger partial charge in [-0.2, -0.15) is 0 Å². The smallest absolute Gasteiger partial charge is 0.408 e. The number of carbonyl (C=O) groups excluding carboxylic acids is 1. The standard InChI is InChI=1S/C13H8ClNO3S/c1-15-9-3-2-7(6-10(9)18-13(15)17)11(16)12-8(14)4-5-19-12/h2-6H,1H3. The minimum atomic E-state index is -0.450. The van der Waals surface area contributed by atoms with Gasteiger partial charge in [0.1, 0.15) is 0 Å². The molecule has 3 rings (SSSR count). The number of oxazole rings is 1. The van der Waals surface area contributed by atoms with Crippen LogP contribution >= 0.6 is 22.9 Å². The molecule has 0 fully saturated rings. The van der Waals surface area contributed by atoms with Crippen LogP contribution in [0.1, 0.15) is 15.2 Å². The lowest BCUT2D eigenvalue weighted by Gasteiger charge is -1.99. The number of aromatic nitrogens is 1. The van der Waals surface area contributed by atoms with Crippen LogP contribution in [0.25, 0.3) is 11.1 Å². The van der Waals surface area contributed by atoms with E-state index in [1.807, 2.05) is 0 Å². The van der Waals surface area contributed by atoms with Gasteiger partial charge in [0.2, 0.25) is 5.78 Å². The van der Waals surface area contributed by atoms with E-state index in [0.717, 1.165) is 0 Å². The summed E-state index contributed by atoms with van der Waals surface area (Å²) in [4.78, 5) is 24.1. The van der Waals surface area contributed by atoms with Crippen molar-refractivity contribution in [3.8, 4) is 0 Å². The summed E-state index contributed by atoms with van der Waals surface area (Å²) < 4.78 is 6.45. The van der Waals surface area contributed by atoms with Crippen molar-refractivity contribution in [1.82, 2.24) is 4.57 Å². The van der Waals surface area contributed by atoms with E-state index in [-0.39, 0.29) is 5.78 Å². The van der Waals surface area contributed by atoms with Gasteiger partial charge in [-0.25, -0.2) is 4.79 Å². The lowest BCUT2D eigenvalue weighted by atomic mass is 10.1. The SMILES string of the molecule is Cn1c(=O)oc2cc(C(=O)c3sccc3Cl)ccc21. The fourth-order valence-electron chi connectivity index (χ4n) is 1.86. The summed E-state index contributed by atoms with van der Waals surface area (Å²) in [7, 11) is 1.62. The summed E-state index contributed by atoms with van der Waals surface area (Å²) in [6, 6.07) is 6.60. The molecule has 2 heterocycles. The van der Waals surface area contributed by atoms with Crippen LogP contribution in [0.2, 0.25) is 5.02 Å². The maximum Gasteiger partial charge on any atom is 0.419 e. The maximum atomic E-state index is 12.3. The molecular weight excluding hydrogens is 286 g/mol. The average Bonchev–Trinajstić information content (AvgIpc) is 2.93. The predicted octanol–water partition coefficient (Wildman–Crippen LogP) is 3.08. The minimum Gasteiger partial charge on any atom is -0.408 e. The molecular formula is C13H8ClNO3S. The normalized spacial score (nSPS) is 11.1. The van der Waals surface area contributed by atoms with Crippen molar-refractivity contribution in [2.24, 2.45) is 7.05 Å². The molecule has 4 nitrogen and oxygen atoms in total. The second-order valence-corrected chi connectivity index (χ2v) is 5.36. The van der Waals surface area contributed by atoms with Crippen molar-refractivity contribution >= 4 is 39.8 Å². The van der Waals surface area contributed by atoms with Crippen LogP contribution in [0.4, 0.5) is 0 Å². The third-order valence-electron chi connectivity index (χ3n) is 2.88. The van der Waals surface area contributed by atoms with Crippen LogP contribution in [0.5, 0.6) is 0 Å². The third kappa shape index (κ3) is 1.91. The number of thiophene rings is 1. The lowest BCUT2D eigenvalue weighted by Crippen LogP contribution is -2.08. The number of ketones is 1. The van der Waals surface area contributed by atoms with Crippen molar-refractivity contribution in [1.29, 1.82) is 0 Å². The van der Waals surface area contributed by atoms with Gasteiger partial charge in [-0.15, -0.1) is 11.3 Å². The molecule has 0 N–H and O–H groups in total. The Balaban J connectivity index is 2.14. The van der Waals surface area contributed by atoms with Crippen LogP contribution in [-0.2, 0) is 7.05 Å². The summed E-state index contributed by atoms with van der Waals surface area (Å²) >= 11 is 7.23. The summed E-state index contributed by atoms with van der Waals surface area (Å²) in [5.74, 6) is -0.623. The molecule has 6 heteroatoms. The molecule has 0 saturated heterocycles. The summed E-state index contributed by atoms with van der Waals surface area (Å²) in [5, 5.41) is 2.20. The second-order valence-electron chi connectivity index (χ2n) is 4.04. The number of hydrogen-bond acceptors (Lipinski definition) is 4. The Morgan fingerprint density at radius 2 is 2.16 bits per heavy atom. The summed E-state index contributed by atoms with van der Waals surface area (Å²) in [5.41, 5.74) is 1.50. The molecule has 19 heavy (non-hydrogen) atoms. The number of aryl methyl sites for hydroxylation is 1. The Kier molecular flexibility index (Phi) is 2.80. The van der Waals surface area contributed by atoms with Crippen LogP contribution in [-0.4, -0.2) is 10.4 Å². The van der Waals surface area contributed by atoms with E-state index in [2.05, 4.69) is 0 Å². The molecule has 0 saturated carbocycles. The Morgan fingerprint density at radius 1 is 1.37 bits per heavy atom. The van der Waals surface area contributed by atoms with Gasteiger partial charge in [-0.1, -0.05) is 11.6 Å². The van der Waals surface area contributed by atoms with Crippen molar-refractivity contribution in [3.63, 3.8) is 0 Å². The lowest BCUT2D eigenvalue weighted by molar-refractivity contribution is 0.104. The second kappa shape index (κ2) is 4.36. The van der Waals surface area contributed by atoms with E-state index in [0.29, 0.717) is 26.6 Å². The average molecular weight is 294 g/mol. The first-order valence-corrected chi connectivity index (χ1v) is 6.71. The molecule has 0 unspecified atom stereocenters. The molecule has 0 radical (unpaired) electrons. The molecule has 0 bridgehead atoms. The van der Waals surface area contributed by atoms with E-state index < -0.39 is 5.76 Å². The third-order valence-corrected chi connectivity index (χ3v) is 4.22. The van der Waals surface area contributed by atoms with Crippen LogP contribution < -0.4 is 5.76 Å². The molecule has 0 spiro atoms. The molecule has 0 aliphatic carbocycles. The molecule has 0 aliphatic rings. The van der Waals surface area contributed by atoms with Gasteiger partial charge in [-0.3, -0.25) is 9.36 Å². The molecule has 0 aliphatic heterocycles. The van der Waals surface area contributed by atoms with Crippen LogP contribution in [0, 0.1) is 0 Å². The van der Waals surface area contributed by atoms with Gasteiger partial charge in [0.15, 0.2) is 5.58 Å². The predicted molar refractivity (Wildman–Crippen MR) is 74.2 cm³/mol. The number of carbonyl (C=O) groups is 1. The van der Waals surface area contributed by atoms with Crippen LogP contribution in [0.3, 0.4) is 0 Å². The Bertz CT molecular complexity index is 843. The van der Waals surface area contributed by atoms with Crippen LogP contribution in [0.15, 0.2) is 38.9 Å². The quantitative estimate of drug-likeness (QED) is 0.682. The van der Waals surface area contributed by atoms with E-state index in [1.165, 1.54) is 15.9 Å². The number of hydrogen-bond donors (Lipinski definition) is 0. The number of fused-ring (bicyclic) bond motifs is 1. The number of nitrogens with zero attached hydrogens (tertiary/aromatic N) is 1. The molecule has 3 aromatic rings. The van der Waals surface area contributed by atoms with E-state index in [1.54, 1.807) is 36.7 Å². The topological polar surface area (TPSA) is 52.2 Å². The van der Waals surface area contributed by atoms with Crippen molar-refractivity contribution in [2.45, 2.75) is 0 Å². The highest BCUT2D eigenvalue weighted by Crippen LogP contribution is 2.26. The number of benzene rings is 1. The molecule has 0 atom stereocenters. The summed E-state index contributed by atoms with van der Waals surface area (Å²) in [6.45, 7) is 0. The van der Waals surface area contributed by atoms with Gasteiger partial charge in [-0.05, 0) is 29.6 Å². The van der Waals surface area contributed by atoms with Gasteiger partial charge in [0, 0.05) is 12.6 Å². The first-order valence-electron chi connectivity index (χ1n) is 5.45. The van der Waals surface area contributed by atoms with Gasteiger partial charge < -0.3 is 4.42 Å². The zero-order valence-electron chi connectivity index (χ0n) is 9.84. The van der Waals surface area contributed by atoms with Gasteiger partial charge >= 0.3 is 5.76 Å². The van der Waals surface area contributed by atoms with Crippen molar-refractivity contribution < 1.29 is 9.21 Å². The molecule has 0 amide bonds. The van der Waals surface area contributed by atoms with Gasteiger partial charge in [0.05, 0.1) is 15.4 Å². The first kappa shape index (κ1) is 12.2. The number of halogens is 1. The van der Waals surface area contributed by atoms with E-state index in [4.69, 9.17) is 16.0 Å². The largest absolute Gasteiger partial charge is 0.419 e. The fraction of sp³-hybridized carbons (Fsp3) is 0.0769. The van der Waals surface area contributed by atoms with Crippen molar-refractivity contribution in [2.75, 3.05) is 0 Å². The zero-order chi connectivity index (χ0) is 13.6. The van der Waals surface area contributed by atoms with E-state index >= 15 is 0 Å². The maximum absolute atomic E-state index is 12.3. The van der Waals surface area contributed by atoms with Crippen molar-refractivity contribution in [3.05, 3.63) is 55.7 Å². The highest BCUT2D eigenvalue weighted by atomic mass is 35.5. The highest BCUT2D eigenvalue weighted by Gasteiger charge is 2.16. The summed E-state index contributed by atoms with van der Waals surface area (Å²) in [6.07, 6.45) is 0. The molecule has 2 aromatic heterocycles. The Hall–Kier alpha value is -1.85. The fourth-order valence-corrected chi connectivity index (χ4v) is 2.96. The van der Waals surface area contributed by atoms with Gasteiger partial charge in [0.25, 0.3) is 0 Å². The molecule has 96 valence electrons. The van der Waals surface area contributed by atoms with E-state index in [9.17, 15) is 9.59 Å². The zero-order valence-corrected chi connectivity index (χ0v) is 11.4. The Labute approximate surface area is 116 Å². The first-order chi connectivity index (χ1) is 9.08. The Morgan fingerprint density at radius 3 is 2.84 bits per heavy atom.